The Balaban J connectivity index is 1.55. The molecule has 132 valence electrons. The van der Waals surface area contributed by atoms with Gasteiger partial charge in [0.05, 0.1) is 10.7 Å². The first-order valence-corrected chi connectivity index (χ1v) is 9.72. The molecular formula is C19H20Br2N2O2. The molecule has 1 N–H and O–H groups in total. The van der Waals surface area contributed by atoms with Crippen LogP contribution in [0, 0.1) is 5.92 Å². The maximum atomic E-state index is 12.2. The molecule has 0 aliphatic heterocycles. The van der Waals surface area contributed by atoms with Crippen LogP contribution in [0.5, 0.6) is 0 Å². The van der Waals surface area contributed by atoms with E-state index in [2.05, 4.69) is 87.4 Å². The lowest BCUT2D eigenvalue weighted by molar-refractivity contribution is -0.122. The monoisotopic (exact) mass is 466 g/mol. The highest BCUT2D eigenvalue weighted by Gasteiger charge is 2.44. The number of hydrogen-bond acceptors (Lipinski definition) is 3. The maximum Gasteiger partial charge on any atom is 0.243 e. The molecular weight excluding hydrogens is 448 g/mol. The van der Waals surface area contributed by atoms with E-state index in [0.717, 1.165) is 10.9 Å². The summed E-state index contributed by atoms with van der Waals surface area (Å²) in [7, 11) is 0. The fourth-order valence-electron chi connectivity index (χ4n) is 2.75. The SMILES string of the molecule is CC(C)(C)c1ccc([C@H]2C[C@H]2C(=O)NN=Cc2cc(Br)c(Br)o2)cc1. The normalized spacial score (nSPS) is 20.0. The van der Waals surface area contributed by atoms with E-state index in [4.69, 9.17) is 4.42 Å². The minimum Gasteiger partial charge on any atom is -0.447 e. The Bertz CT molecular complexity index is 784. The number of rotatable bonds is 4. The third-order valence-corrected chi connectivity index (χ3v) is 6.07. The van der Waals surface area contributed by atoms with Crippen LogP contribution >= 0.6 is 31.9 Å². The third kappa shape index (κ3) is 4.42. The van der Waals surface area contributed by atoms with E-state index in [9.17, 15) is 4.79 Å². The number of benzene rings is 1. The van der Waals surface area contributed by atoms with Crippen molar-refractivity contribution < 1.29 is 9.21 Å². The van der Waals surface area contributed by atoms with Gasteiger partial charge >= 0.3 is 0 Å². The van der Waals surface area contributed by atoms with Gasteiger partial charge in [0.2, 0.25) is 5.91 Å². The highest BCUT2D eigenvalue weighted by molar-refractivity contribution is 9.13. The molecule has 0 unspecified atom stereocenters. The van der Waals surface area contributed by atoms with Crippen molar-refractivity contribution >= 4 is 44.0 Å². The Morgan fingerprint density at radius 3 is 2.52 bits per heavy atom. The Labute approximate surface area is 164 Å². The van der Waals surface area contributed by atoms with Crippen LogP contribution in [-0.4, -0.2) is 12.1 Å². The molecule has 1 saturated carbocycles. The number of carbonyl (C=O) groups is 1. The number of amides is 1. The van der Waals surface area contributed by atoms with E-state index in [1.165, 1.54) is 17.3 Å². The zero-order valence-electron chi connectivity index (χ0n) is 14.3. The van der Waals surface area contributed by atoms with Crippen molar-refractivity contribution in [1.29, 1.82) is 0 Å². The summed E-state index contributed by atoms with van der Waals surface area (Å²) in [6.07, 6.45) is 2.36. The van der Waals surface area contributed by atoms with Crippen LogP contribution in [0.4, 0.5) is 0 Å². The van der Waals surface area contributed by atoms with E-state index in [1.807, 2.05) is 0 Å². The highest BCUT2D eigenvalue weighted by atomic mass is 79.9. The van der Waals surface area contributed by atoms with Gasteiger partial charge in [-0.15, -0.1) is 0 Å². The van der Waals surface area contributed by atoms with Crippen molar-refractivity contribution in [2.75, 3.05) is 0 Å². The maximum absolute atomic E-state index is 12.2. The standard InChI is InChI=1S/C19H20Br2N2O2/c1-19(2,3)12-6-4-11(5-7-12)14-9-15(14)18(24)23-22-10-13-8-16(20)17(21)25-13/h4-8,10,14-15H,9H2,1-3H3,(H,23,24)/t14-,15-/m1/s1. The van der Waals surface area contributed by atoms with Gasteiger partial charge in [-0.25, -0.2) is 5.43 Å². The van der Waals surface area contributed by atoms with E-state index >= 15 is 0 Å². The summed E-state index contributed by atoms with van der Waals surface area (Å²) in [6.45, 7) is 6.59. The summed E-state index contributed by atoms with van der Waals surface area (Å²) in [5.41, 5.74) is 5.26. The van der Waals surface area contributed by atoms with E-state index in [0.29, 0.717) is 10.4 Å². The second-order valence-corrected chi connectivity index (χ2v) is 8.90. The molecule has 2 aromatic rings. The van der Waals surface area contributed by atoms with Gasteiger partial charge < -0.3 is 4.42 Å². The molecule has 1 aromatic carbocycles. The molecule has 1 heterocycles. The Morgan fingerprint density at radius 1 is 1.28 bits per heavy atom. The zero-order chi connectivity index (χ0) is 18.2. The Hall–Kier alpha value is -1.40. The van der Waals surface area contributed by atoms with Crippen LogP contribution in [0.1, 0.15) is 50.0 Å². The molecule has 25 heavy (non-hydrogen) atoms. The third-order valence-electron chi connectivity index (χ3n) is 4.36. The number of furan rings is 1. The van der Waals surface area contributed by atoms with Crippen LogP contribution in [0.25, 0.3) is 0 Å². The first kappa shape index (κ1) is 18.4. The lowest BCUT2D eigenvalue weighted by Crippen LogP contribution is -2.20. The van der Waals surface area contributed by atoms with Crippen molar-refractivity contribution in [3.05, 3.63) is 56.4 Å². The summed E-state index contributed by atoms with van der Waals surface area (Å²) in [5, 5.41) is 3.97. The van der Waals surface area contributed by atoms with Crippen LogP contribution in [0.15, 0.2) is 49.0 Å². The molecule has 1 aromatic heterocycles. The average molecular weight is 468 g/mol. The molecule has 0 spiro atoms. The number of carbonyl (C=O) groups excluding carboxylic acids is 1. The molecule has 1 aliphatic rings. The lowest BCUT2D eigenvalue weighted by atomic mass is 9.86. The van der Waals surface area contributed by atoms with E-state index < -0.39 is 0 Å². The van der Waals surface area contributed by atoms with Gasteiger partial charge in [-0.3, -0.25) is 4.79 Å². The molecule has 4 nitrogen and oxygen atoms in total. The molecule has 1 amide bonds. The Kier molecular flexibility index (Phi) is 5.21. The van der Waals surface area contributed by atoms with E-state index in [-0.39, 0.29) is 23.2 Å². The first-order valence-electron chi connectivity index (χ1n) is 8.14. The summed E-state index contributed by atoms with van der Waals surface area (Å²) in [6, 6.07) is 10.4. The molecule has 0 bridgehead atoms. The fourth-order valence-corrected chi connectivity index (χ4v) is 3.36. The van der Waals surface area contributed by atoms with Crippen LogP contribution < -0.4 is 5.43 Å². The minimum atomic E-state index is -0.0502. The minimum absolute atomic E-state index is 0.00675. The molecule has 2 atom stereocenters. The van der Waals surface area contributed by atoms with Gasteiger partial charge in [-0.05, 0) is 60.7 Å². The largest absolute Gasteiger partial charge is 0.447 e. The summed E-state index contributed by atoms with van der Waals surface area (Å²) >= 11 is 6.59. The fraction of sp³-hybridized carbons (Fsp3) is 0.368. The second kappa shape index (κ2) is 7.08. The van der Waals surface area contributed by atoms with Crippen molar-refractivity contribution in [2.45, 2.75) is 38.5 Å². The molecule has 6 heteroatoms. The Morgan fingerprint density at radius 2 is 1.96 bits per heavy atom. The number of halogens is 2. The van der Waals surface area contributed by atoms with Gasteiger partial charge in [-0.2, -0.15) is 5.10 Å². The van der Waals surface area contributed by atoms with Gasteiger partial charge in [0.25, 0.3) is 0 Å². The second-order valence-electron chi connectivity index (χ2n) is 7.33. The zero-order valence-corrected chi connectivity index (χ0v) is 17.5. The van der Waals surface area contributed by atoms with Crippen LogP contribution in [0.2, 0.25) is 0 Å². The quantitative estimate of drug-likeness (QED) is 0.486. The predicted octanol–water partition coefficient (Wildman–Crippen LogP) is 5.36. The van der Waals surface area contributed by atoms with Crippen LogP contribution in [-0.2, 0) is 10.2 Å². The van der Waals surface area contributed by atoms with Crippen molar-refractivity contribution in [3.63, 3.8) is 0 Å². The topological polar surface area (TPSA) is 54.6 Å². The molecule has 1 aliphatic carbocycles. The first-order chi connectivity index (χ1) is 11.8. The smallest absolute Gasteiger partial charge is 0.243 e. The van der Waals surface area contributed by atoms with E-state index in [1.54, 1.807) is 6.07 Å². The van der Waals surface area contributed by atoms with Gasteiger partial charge in [-0.1, -0.05) is 45.0 Å². The molecule has 0 radical (unpaired) electrons. The van der Waals surface area contributed by atoms with Gasteiger partial charge in [0, 0.05) is 12.0 Å². The molecule has 1 fully saturated rings. The molecule has 3 rings (SSSR count). The number of nitrogens with one attached hydrogen (secondary N) is 1. The number of hydrogen-bond donors (Lipinski definition) is 1. The van der Waals surface area contributed by atoms with Gasteiger partial charge in [0.1, 0.15) is 5.76 Å². The van der Waals surface area contributed by atoms with Crippen molar-refractivity contribution in [3.8, 4) is 0 Å². The van der Waals surface area contributed by atoms with Crippen LogP contribution in [0.3, 0.4) is 0 Å². The number of nitrogens with zero attached hydrogens (tertiary/aromatic N) is 1. The number of hydrazone groups is 1. The lowest BCUT2D eigenvalue weighted by Gasteiger charge is -2.19. The van der Waals surface area contributed by atoms with Crippen molar-refractivity contribution in [2.24, 2.45) is 11.0 Å². The summed E-state index contributed by atoms with van der Waals surface area (Å²) < 4.78 is 6.78. The summed E-state index contributed by atoms with van der Waals surface area (Å²) in [5.74, 6) is 0.791. The predicted molar refractivity (Wildman–Crippen MR) is 106 cm³/mol. The van der Waals surface area contributed by atoms with Crippen molar-refractivity contribution in [1.82, 2.24) is 5.43 Å². The summed E-state index contributed by atoms with van der Waals surface area (Å²) in [4.78, 5) is 12.2. The average Bonchev–Trinajstić information content (AvgIpc) is 3.28. The highest BCUT2D eigenvalue weighted by Crippen LogP contribution is 2.47. The molecule has 0 saturated heterocycles. The van der Waals surface area contributed by atoms with Gasteiger partial charge in [0.15, 0.2) is 4.67 Å².